The Morgan fingerprint density at radius 2 is 0.852 bits per heavy atom. The molecule has 10 aromatic carbocycles. The summed E-state index contributed by atoms with van der Waals surface area (Å²) in [6.07, 6.45) is 0. The zero-order valence-electron chi connectivity index (χ0n) is 29.4. The van der Waals surface area contributed by atoms with Crippen molar-refractivity contribution in [3.63, 3.8) is 0 Å². The van der Waals surface area contributed by atoms with Crippen LogP contribution >= 0.6 is 0 Å². The molecule has 0 saturated heterocycles. The van der Waals surface area contributed by atoms with E-state index in [0.29, 0.717) is 0 Å². The van der Waals surface area contributed by atoms with Gasteiger partial charge in [0.2, 0.25) is 0 Å². The molecule has 11 aromatic rings. The third-order valence-electron chi connectivity index (χ3n) is 11.0. The molecule has 0 atom stereocenters. The summed E-state index contributed by atoms with van der Waals surface area (Å²) in [7, 11) is 0. The molecule has 1 aromatic heterocycles. The fraction of sp³-hybridized carbons (Fsp3) is 0. The van der Waals surface area contributed by atoms with E-state index in [1.807, 2.05) is 12.1 Å². The van der Waals surface area contributed by atoms with Crippen molar-refractivity contribution in [2.75, 3.05) is 4.90 Å². The Bertz CT molecular complexity index is 3230. The minimum atomic E-state index is 0.895. The smallest absolute Gasteiger partial charge is 0.136 e. The first-order valence-electron chi connectivity index (χ1n) is 18.5. The monoisotopic (exact) mass is 687 g/mol. The van der Waals surface area contributed by atoms with Crippen LogP contribution < -0.4 is 4.90 Å². The molecule has 252 valence electrons. The van der Waals surface area contributed by atoms with Crippen molar-refractivity contribution in [1.82, 2.24) is 0 Å². The van der Waals surface area contributed by atoms with Crippen molar-refractivity contribution >= 4 is 82.1 Å². The lowest BCUT2D eigenvalue weighted by Gasteiger charge is -2.28. The summed E-state index contributed by atoms with van der Waals surface area (Å²) in [5, 5.41) is 12.3. The van der Waals surface area contributed by atoms with E-state index in [2.05, 4.69) is 193 Å². The van der Waals surface area contributed by atoms with Gasteiger partial charge in [0.1, 0.15) is 11.2 Å². The molecule has 2 nitrogen and oxygen atoms in total. The van der Waals surface area contributed by atoms with E-state index >= 15 is 0 Å². The number of rotatable bonds is 5. The van der Waals surface area contributed by atoms with Crippen molar-refractivity contribution in [2.45, 2.75) is 0 Å². The highest BCUT2D eigenvalue weighted by molar-refractivity contribution is 6.29. The molecule has 54 heavy (non-hydrogen) atoms. The summed E-state index contributed by atoms with van der Waals surface area (Å²) in [5.74, 6) is 0. The third-order valence-corrected chi connectivity index (χ3v) is 11.0. The van der Waals surface area contributed by atoms with Gasteiger partial charge in [-0.2, -0.15) is 0 Å². The molecule has 0 amide bonds. The standard InChI is InChI=1S/C52H33NO/c1-2-12-34(13-3-1)37-15-10-17-41(30-37)53(42-18-11-16-38(31-42)39-28-29-46-45-21-8-9-23-49(45)54-50(46)33-39)48-32-40-27-26-36-25-24-35-14-4-5-19-43(35)51(36)52(40)47-22-7-6-20-44(47)48/h1-33H. The first-order chi connectivity index (χ1) is 26.8. The Hall–Kier alpha value is -7.16. The van der Waals surface area contributed by atoms with Crippen LogP contribution in [-0.2, 0) is 0 Å². The summed E-state index contributed by atoms with van der Waals surface area (Å²) < 4.78 is 6.32. The molecule has 0 spiro atoms. The van der Waals surface area contributed by atoms with Crippen molar-refractivity contribution in [3.05, 3.63) is 200 Å². The minimum Gasteiger partial charge on any atom is -0.456 e. The number of benzene rings is 10. The van der Waals surface area contributed by atoms with E-state index in [9.17, 15) is 0 Å². The summed E-state index contributed by atoms with van der Waals surface area (Å²) in [6, 6.07) is 72.4. The van der Waals surface area contributed by atoms with Crippen molar-refractivity contribution in [3.8, 4) is 22.3 Å². The Morgan fingerprint density at radius 3 is 1.65 bits per heavy atom. The second-order valence-corrected chi connectivity index (χ2v) is 14.1. The predicted molar refractivity (Wildman–Crippen MR) is 229 cm³/mol. The van der Waals surface area contributed by atoms with E-state index in [0.717, 1.165) is 50.1 Å². The van der Waals surface area contributed by atoms with Crippen LogP contribution in [0.25, 0.3) is 87.3 Å². The first-order valence-corrected chi connectivity index (χ1v) is 18.5. The maximum Gasteiger partial charge on any atom is 0.136 e. The Morgan fingerprint density at radius 1 is 0.296 bits per heavy atom. The third kappa shape index (κ3) is 4.88. The molecule has 0 fully saturated rings. The Kier molecular flexibility index (Phi) is 6.90. The van der Waals surface area contributed by atoms with Gasteiger partial charge in [-0.15, -0.1) is 0 Å². The zero-order valence-corrected chi connectivity index (χ0v) is 29.4. The summed E-state index contributed by atoms with van der Waals surface area (Å²) in [6.45, 7) is 0. The average molecular weight is 688 g/mol. The number of hydrogen-bond donors (Lipinski definition) is 0. The molecule has 0 saturated carbocycles. The normalized spacial score (nSPS) is 11.7. The molecule has 0 unspecified atom stereocenters. The highest BCUT2D eigenvalue weighted by Gasteiger charge is 2.20. The summed E-state index contributed by atoms with van der Waals surface area (Å²) in [5.41, 5.74) is 9.72. The number of hydrogen-bond acceptors (Lipinski definition) is 2. The fourth-order valence-electron chi connectivity index (χ4n) is 8.47. The maximum absolute atomic E-state index is 6.32. The van der Waals surface area contributed by atoms with Gasteiger partial charge in [-0.05, 0) is 108 Å². The summed E-state index contributed by atoms with van der Waals surface area (Å²) >= 11 is 0. The van der Waals surface area contributed by atoms with Gasteiger partial charge in [-0.25, -0.2) is 0 Å². The van der Waals surface area contributed by atoms with E-state index in [1.54, 1.807) is 0 Å². The lowest BCUT2D eigenvalue weighted by atomic mass is 9.91. The largest absolute Gasteiger partial charge is 0.456 e. The fourth-order valence-corrected chi connectivity index (χ4v) is 8.47. The van der Waals surface area contributed by atoms with Gasteiger partial charge in [-0.1, -0.05) is 152 Å². The molecular formula is C52H33NO. The molecule has 0 aliphatic heterocycles. The van der Waals surface area contributed by atoms with E-state index in [4.69, 9.17) is 4.42 Å². The average Bonchev–Trinajstić information content (AvgIpc) is 3.62. The van der Waals surface area contributed by atoms with Crippen LogP contribution in [0, 0.1) is 0 Å². The quantitative estimate of drug-likeness (QED) is 0.168. The molecule has 0 N–H and O–H groups in total. The van der Waals surface area contributed by atoms with Gasteiger partial charge in [0.25, 0.3) is 0 Å². The molecule has 1 heterocycles. The topological polar surface area (TPSA) is 16.4 Å². The maximum atomic E-state index is 6.32. The number of nitrogens with zero attached hydrogens (tertiary/aromatic N) is 1. The van der Waals surface area contributed by atoms with Crippen molar-refractivity contribution in [2.24, 2.45) is 0 Å². The number of anilines is 3. The second-order valence-electron chi connectivity index (χ2n) is 14.1. The van der Waals surface area contributed by atoms with Gasteiger partial charge in [0.15, 0.2) is 0 Å². The van der Waals surface area contributed by atoms with Crippen LogP contribution in [-0.4, -0.2) is 0 Å². The highest BCUT2D eigenvalue weighted by atomic mass is 16.3. The molecule has 11 rings (SSSR count). The van der Waals surface area contributed by atoms with Gasteiger partial charge in [0.05, 0.1) is 5.69 Å². The van der Waals surface area contributed by atoms with Crippen LogP contribution in [0.5, 0.6) is 0 Å². The lowest BCUT2D eigenvalue weighted by Crippen LogP contribution is -2.11. The second kappa shape index (κ2) is 12.2. The van der Waals surface area contributed by atoms with Gasteiger partial charge in [-0.3, -0.25) is 0 Å². The lowest BCUT2D eigenvalue weighted by molar-refractivity contribution is 0.669. The first kappa shape index (κ1) is 30.5. The molecule has 2 heteroatoms. The zero-order chi connectivity index (χ0) is 35.6. The molecule has 0 bridgehead atoms. The highest BCUT2D eigenvalue weighted by Crippen LogP contribution is 2.46. The van der Waals surface area contributed by atoms with E-state index < -0.39 is 0 Å². The Balaban J connectivity index is 1.17. The van der Waals surface area contributed by atoms with Crippen molar-refractivity contribution in [1.29, 1.82) is 0 Å². The van der Waals surface area contributed by atoms with Crippen LogP contribution in [0.4, 0.5) is 17.1 Å². The number of para-hydroxylation sites is 1. The van der Waals surface area contributed by atoms with Gasteiger partial charge < -0.3 is 9.32 Å². The Labute approximate surface area is 312 Å². The summed E-state index contributed by atoms with van der Waals surface area (Å²) in [4.78, 5) is 2.44. The van der Waals surface area contributed by atoms with Crippen LogP contribution in [0.3, 0.4) is 0 Å². The van der Waals surface area contributed by atoms with Crippen LogP contribution in [0.15, 0.2) is 205 Å². The number of furan rings is 1. The molecule has 0 aliphatic carbocycles. The predicted octanol–water partition coefficient (Wildman–Crippen LogP) is 15.0. The van der Waals surface area contributed by atoms with Gasteiger partial charge >= 0.3 is 0 Å². The molecule has 0 aliphatic rings. The van der Waals surface area contributed by atoms with Crippen molar-refractivity contribution < 1.29 is 4.42 Å². The van der Waals surface area contributed by atoms with Gasteiger partial charge in [0, 0.05) is 27.5 Å². The number of fused-ring (bicyclic) bond motifs is 10. The minimum absolute atomic E-state index is 0.895. The van der Waals surface area contributed by atoms with E-state index in [1.165, 1.54) is 54.2 Å². The SMILES string of the molecule is c1ccc(-c2cccc(N(c3cccc(-c4ccc5c(c4)oc4ccccc45)c3)c3cc4ccc5ccc6ccccc6c5c4c4ccccc34)c2)cc1. The van der Waals surface area contributed by atoms with E-state index in [-0.39, 0.29) is 0 Å². The van der Waals surface area contributed by atoms with Crippen LogP contribution in [0.2, 0.25) is 0 Å². The molecule has 0 radical (unpaired) electrons. The molecular weight excluding hydrogens is 655 g/mol. The van der Waals surface area contributed by atoms with Crippen LogP contribution in [0.1, 0.15) is 0 Å².